The van der Waals surface area contributed by atoms with E-state index in [0.717, 1.165) is 37.8 Å². The van der Waals surface area contributed by atoms with Gasteiger partial charge in [-0.15, -0.1) is 15.3 Å². The molecule has 11 heteroatoms. The van der Waals surface area contributed by atoms with Crippen LogP contribution in [0.3, 0.4) is 0 Å². The van der Waals surface area contributed by atoms with Gasteiger partial charge in [0.25, 0.3) is 0 Å². The number of benzene rings is 3. The first kappa shape index (κ1) is 26.7. The van der Waals surface area contributed by atoms with E-state index in [1.54, 1.807) is 0 Å². The molecule has 5 aromatic rings. The maximum absolute atomic E-state index is 13.2. The Labute approximate surface area is 247 Å². The summed E-state index contributed by atoms with van der Waals surface area (Å²) in [5.41, 5.74) is 5.60. The highest BCUT2D eigenvalue weighted by Crippen LogP contribution is 2.30. The van der Waals surface area contributed by atoms with E-state index in [1.165, 1.54) is 29.1 Å². The van der Waals surface area contributed by atoms with Crippen LogP contribution in [0.15, 0.2) is 98.7 Å². The fourth-order valence-electron chi connectivity index (χ4n) is 4.45. The van der Waals surface area contributed by atoms with E-state index in [0.29, 0.717) is 29.0 Å². The number of carbonyl (C=O) groups is 1. The van der Waals surface area contributed by atoms with Gasteiger partial charge in [0.1, 0.15) is 5.52 Å². The standard InChI is InChI=1S/C29H24BrN7OS2/c1-2-24(27(38)32-28-35-33-22(17-39-28)19-12-14-20(30)15-13-19)40-29-31-26-25(34-36-29)21-10-6-7-11-23(21)37(26)16-18-8-4-3-5-9-18/h3-15,24H,2,16-17H2,1H3,(H,32,35,38). The summed E-state index contributed by atoms with van der Waals surface area (Å²) in [6, 6.07) is 26.3. The molecule has 0 radical (unpaired) electrons. The molecule has 1 amide bonds. The van der Waals surface area contributed by atoms with Gasteiger partial charge >= 0.3 is 0 Å². The minimum atomic E-state index is -0.411. The van der Waals surface area contributed by atoms with Gasteiger partial charge in [0.05, 0.1) is 16.5 Å². The lowest BCUT2D eigenvalue weighted by Gasteiger charge is -2.16. The van der Waals surface area contributed by atoms with E-state index >= 15 is 0 Å². The molecule has 0 spiro atoms. The maximum Gasteiger partial charge on any atom is 0.239 e. The fourth-order valence-corrected chi connectivity index (χ4v) is 6.29. The Bertz CT molecular complexity index is 1750. The molecule has 0 bridgehead atoms. The zero-order valence-electron chi connectivity index (χ0n) is 21.5. The zero-order chi connectivity index (χ0) is 27.5. The second-order valence-electron chi connectivity index (χ2n) is 9.11. The smallest absolute Gasteiger partial charge is 0.239 e. The van der Waals surface area contributed by atoms with Crippen molar-refractivity contribution in [3.63, 3.8) is 0 Å². The lowest BCUT2D eigenvalue weighted by Crippen LogP contribution is -2.37. The van der Waals surface area contributed by atoms with E-state index in [9.17, 15) is 4.79 Å². The van der Waals surface area contributed by atoms with Gasteiger partial charge in [-0.1, -0.05) is 107 Å². The molecule has 0 saturated carbocycles. The topological polar surface area (TPSA) is 97.4 Å². The normalized spacial score (nSPS) is 14.2. The highest BCUT2D eigenvalue weighted by molar-refractivity contribution is 9.10. The quantitative estimate of drug-likeness (QED) is 0.213. The van der Waals surface area contributed by atoms with Gasteiger partial charge in [-0.3, -0.25) is 4.79 Å². The number of nitrogens with one attached hydrogen (secondary N) is 1. The van der Waals surface area contributed by atoms with Gasteiger partial charge in [0.2, 0.25) is 11.1 Å². The van der Waals surface area contributed by atoms with Crippen molar-refractivity contribution in [1.82, 2.24) is 25.1 Å². The van der Waals surface area contributed by atoms with Crippen LogP contribution in [0.25, 0.3) is 22.1 Å². The number of halogens is 1. The van der Waals surface area contributed by atoms with Crippen LogP contribution in [0, 0.1) is 0 Å². The molecule has 0 fully saturated rings. The van der Waals surface area contributed by atoms with E-state index in [-0.39, 0.29) is 5.91 Å². The van der Waals surface area contributed by atoms with Gasteiger partial charge in [-0.05, 0) is 35.7 Å². The van der Waals surface area contributed by atoms with Crippen LogP contribution in [0.1, 0.15) is 24.5 Å². The predicted octanol–water partition coefficient (Wildman–Crippen LogP) is 6.28. The summed E-state index contributed by atoms with van der Waals surface area (Å²) < 4.78 is 3.17. The van der Waals surface area contributed by atoms with E-state index < -0.39 is 5.25 Å². The van der Waals surface area contributed by atoms with Crippen molar-refractivity contribution in [3.8, 4) is 0 Å². The second-order valence-corrected chi connectivity index (χ2v) is 12.2. The molecule has 1 unspecified atom stereocenters. The number of rotatable bonds is 7. The Morgan fingerprint density at radius 1 is 1.02 bits per heavy atom. The van der Waals surface area contributed by atoms with Crippen LogP contribution in [0.2, 0.25) is 0 Å². The Balaban J connectivity index is 1.22. The molecule has 1 aliphatic rings. The average molecular weight is 631 g/mol. The SMILES string of the molecule is CCC(Sc1nnc2c3ccccc3n(Cc3ccccc3)c2n1)C(=O)NC1=NN=C(c2ccc(Br)cc2)CS1. The van der Waals surface area contributed by atoms with E-state index in [2.05, 4.69) is 64.4 Å². The summed E-state index contributed by atoms with van der Waals surface area (Å²) in [5.74, 6) is 0.468. The number of hydrogen-bond acceptors (Lipinski definition) is 8. The predicted molar refractivity (Wildman–Crippen MR) is 167 cm³/mol. The fraction of sp³-hybridized carbons (Fsp3) is 0.172. The van der Waals surface area contributed by atoms with E-state index in [4.69, 9.17) is 4.98 Å². The molecule has 2 aromatic heterocycles. The molecule has 3 aromatic carbocycles. The van der Waals surface area contributed by atoms with E-state index in [1.807, 2.05) is 67.6 Å². The van der Waals surface area contributed by atoms with Crippen LogP contribution in [-0.4, -0.2) is 47.5 Å². The summed E-state index contributed by atoms with van der Waals surface area (Å²) in [6.45, 7) is 2.63. The number of fused-ring (bicyclic) bond motifs is 3. The second kappa shape index (κ2) is 11.9. The lowest BCUT2D eigenvalue weighted by molar-refractivity contribution is -0.119. The number of amides is 1. The van der Waals surface area contributed by atoms with Crippen LogP contribution in [0.5, 0.6) is 0 Å². The van der Waals surface area contributed by atoms with Crippen molar-refractivity contribution in [2.75, 3.05) is 5.75 Å². The summed E-state index contributed by atoms with van der Waals surface area (Å²) >= 11 is 6.22. The Morgan fingerprint density at radius 3 is 2.55 bits per heavy atom. The van der Waals surface area contributed by atoms with Crippen LogP contribution >= 0.6 is 39.5 Å². The minimum Gasteiger partial charge on any atom is -0.319 e. The first-order valence-corrected chi connectivity index (χ1v) is 15.4. The van der Waals surface area contributed by atoms with Crippen LogP contribution < -0.4 is 5.32 Å². The molecule has 1 atom stereocenters. The summed E-state index contributed by atoms with van der Waals surface area (Å²) in [5, 5.41) is 22.0. The molecule has 0 aliphatic carbocycles. The molecule has 1 aliphatic heterocycles. The number of nitrogens with zero attached hydrogens (tertiary/aromatic N) is 6. The average Bonchev–Trinajstić information content (AvgIpc) is 3.30. The Kier molecular flexibility index (Phi) is 7.94. The summed E-state index contributed by atoms with van der Waals surface area (Å²) in [7, 11) is 0. The molecule has 6 rings (SSSR count). The molecule has 1 N–H and O–H groups in total. The third-order valence-electron chi connectivity index (χ3n) is 6.46. The molecular weight excluding hydrogens is 606 g/mol. The summed E-state index contributed by atoms with van der Waals surface area (Å²) in [4.78, 5) is 18.1. The van der Waals surface area contributed by atoms with Crippen molar-refractivity contribution in [2.24, 2.45) is 10.2 Å². The number of carbonyl (C=O) groups excluding carboxylic acids is 1. The van der Waals surface area contributed by atoms with Crippen molar-refractivity contribution >= 4 is 78.3 Å². The van der Waals surface area contributed by atoms with Crippen molar-refractivity contribution in [3.05, 3.63) is 94.5 Å². The van der Waals surface area contributed by atoms with Crippen molar-refractivity contribution in [2.45, 2.75) is 30.3 Å². The highest BCUT2D eigenvalue weighted by atomic mass is 79.9. The number of hydrogen-bond donors (Lipinski definition) is 1. The third kappa shape index (κ3) is 5.67. The number of aromatic nitrogens is 4. The first-order valence-electron chi connectivity index (χ1n) is 12.8. The van der Waals surface area contributed by atoms with Gasteiger partial charge < -0.3 is 9.88 Å². The van der Waals surface area contributed by atoms with Crippen molar-refractivity contribution < 1.29 is 4.79 Å². The number of thioether (sulfide) groups is 2. The molecule has 40 heavy (non-hydrogen) atoms. The molecule has 3 heterocycles. The minimum absolute atomic E-state index is 0.158. The van der Waals surface area contributed by atoms with Gasteiger partial charge in [-0.2, -0.15) is 5.10 Å². The Morgan fingerprint density at radius 2 is 1.80 bits per heavy atom. The number of para-hydroxylation sites is 1. The zero-order valence-corrected chi connectivity index (χ0v) is 24.7. The van der Waals surface area contributed by atoms with Crippen molar-refractivity contribution in [1.29, 1.82) is 0 Å². The molecular formula is C29H24BrN7OS2. The van der Waals surface area contributed by atoms with Crippen LogP contribution in [-0.2, 0) is 11.3 Å². The molecule has 0 saturated heterocycles. The van der Waals surface area contributed by atoms with Gasteiger partial charge in [-0.25, -0.2) is 4.98 Å². The largest absolute Gasteiger partial charge is 0.319 e. The first-order chi connectivity index (χ1) is 19.6. The third-order valence-corrected chi connectivity index (χ3v) is 9.08. The maximum atomic E-state index is 13.2. The Hall–Kier alpha value is -3.54. The van der Waals surface area contributed by atoms with Crippen LogP contribution in [0.4, 0.5) is 0 Å². The summed E-state index contributed by atoms with van der Waals surface area (Å²) in [6.07, 6.45) is 0.594. The van der Waals surface area contributed by atoms with Gasteiger partial charge in [0, 0.05) is 22.2 Å². The van der Waals surface area contributed by atoms with Gasteiger partial charge in [0.15, 0.2) is 10.8 Å². The molecule has 200 valence electrons. The highest BCUT2D eigenvalue weighted by Gasteiger charge is 2.24. The molecule has 8 nitrogen and oxygen atoms in total. The monoisotopic (exact) mass is 629 g/mol. The number of amidine groups is 1. The lowest BCUT2D eigenvalue weighted by atomic mass is 10.1.